The molecule has 1 aliphatic heterocycles. The number of carbonyl (C=O) groups excluding carboxylic acids is 1. The Labute approximate surface area is 121 Å². The molecule has 0 aromatic rings. The zero-order valence-electron chi connectivity index (χ0n) is 12.1. The summed E-state index contributed by atoms with van der Waals surface area (Å²) in [5.74, 6) is 2.57. The van der Waals surface area contributed by atoms with Crippen molar-refractivity contribution in [2.75, 3.05) is 38.3 Å². The van der Waals surface area contributed by atoms with Gasteiger partial charge < -0.3 is 15.4 Å². The van der Waals surface area contributed by atoms with Gasteiger partial charge in [0.2, 0.25) is 5.91 Å². The Hall–Kier alpha value is -0.260. The Kier molecular flexibility index (Phi) is 9.30. The first-order chi connectivity index (χ1) is 9.29. The minimum Gasteiger partial charge on any atom is -0.383 e. The average molecular weight is 288 g/mol. The number of nitrogens with zero attached hydrogens (tertiary/aromatic N) is 1. The van der Waals surface area contributed by atoms with Crippen molar-refractivity contribution in [3.63, 3.8) is 0 Å². The normalized spacial score (nSPS) is 18.7. The van der Waals surface area contributed by atoms with Crippen molar-refractivity contribution in [3.05, 3.63) is 0 Å². The fourth-order valence-corrected chi connectivity index (χ4v) is 3.61. The summed E-state index contributed by atoms with van der Waals surface area (Å²) in [6.45, 7) is 2.14. The first-order valence-electron chi connectivity index (χ1n) is 7.35. The van der Waals surface area contributed by atoms with Crippen molar-refractivity contribution in [1.82, 2.24) is 4.90 Å². The second-order valence-electron chi connectivity index (χ2n) is 5.05. The molecule has 1 atom stereocenters. The van der Waals surface area contributed by atoms with Crippen LogP contribution in [0.3, 0.4) is 0 Å². The topological polar surface area (TPSA) is 55.6 Å². The van der Waals surface area contributed by atoms with E-state index < -0.39 is 0 Å². The second kappa shape index (κ2) is 10.5. The van der Waals surface area contributed by atoms with Gasteiger partial charge in [-0.25, -0.2) is 0 Å². The van der Waals surface area contributed by atoms with Gasteiger partial charge in [0.05, 0.1) is 6.61 Å². The number of hydrogen-bond donors (Lipinski definition) is 1. The van der Waals surface area contributed by atoms with Crippen molar-refractivity contribution in [2.24, 2.45) is 5.73 Å². The quantitative estimate of drug-likeness (QED) is 0.624. The van der Waals surface area contributed by atoms with Gasteiger partial charge >= 0.3 is 0 Å². The molecule has 0 spiro atoms. The maximum Gasteiger partial charge on any atom is 0.222 e. The van der Waals surface area contributed by atoms with Crippen LogP contribution in [0.5, 0.6) is 0 Å². The molecule has 1 saturated heterocycles. The van der Waals surface area contributed by atoms with E-state index in [2.05, 4.69) is 0 Å². The maximum absolute atomic E-state index is 12.3. The van der Waals surface area contributed by atoms with Gasteiger partial charge in [0.1, 0.15) is 0 Å². The Morgan fingerprint density at radius 2 is 2.16 bits per heavy atom. The van der Waals surface area contributed by atoms with E-state index in [1.54, 1.807) is 7.11 Å². The largest absolute Gasteiger partial charge is 0.383 e. The summed E-state index contributed by atoms with van der Waals surface area (Å²) in [6.07, 6.45) is 6.12. The first kappa shape index (κ1) is 16.8. The highest BCUT2D eigenvalue weighted by Gasteiger charge is 2.26. The van der Waals surface area contributed by atoms with Crippen LogP contribution >= 0.6 is 11.8 Å². The summed E-state index contributed by atoms with van der Waals surface area (Å²) < 4.78 is 5.13. The highest BCUT2D eigenvalue weighted by Crippen LogP contribution is 2.23. The van der Waals surface area contributed by atoms with Crippen molar-refractivity contribution in [3.8, 4) is 0 Å². The lowest BCUT2D eigenvalue weighted by Gasteiger charge is -2.28. The second-order valence-corrected chi connectivity index (χ2v) is 6.20. The van der Waals surface area contributed by atoms with E-state index in [1.165, 1.54) is 5.75 Å². The fraction of sp³-hybridized carbons (Fsp3) is 0.929. The molecule has 19 heavy (non-hydrogen) atoms. The number of unbranched alkanes of at least 4 members (excludes halogenated alkanes) is 3. The number of methoxy groups -OCH3 is 1. The van der Waals surface area contributed by atoms with E-state index in [1.807, 2.05) is 16.7 Å². The molecule has 112 valence electrons. The molecule has 1 amide bonds. The summed E-state index contributed by atoms with van der Waals surface area (Å²) in [5, 5.41) is 0. The van der Waals surface area contributed by atoms with Crippen LogP contribution in [0.1, 0.15) is 38.5 Å². The van der Waals surface area contributed by atoms with Gasteiger partial charge in [-0.15, -0.1) is 0 Å². The summed E-state index contributed by atoms with van der Waals surface area (Å²) in [5.41, 5.74) is 5.46. The number of amides is 1. The molecular formula is C14H28N2O2S. The molecule has 0 bridgehead atoms. The van der Waals surface area contributed by atoms with Gasteiger partial charge in [0.25, 0.3) is 0 Å². The molecule has 1 unspecified atom stereocenters. The molecule has 5 heteroatoms. The molecule has 0 saturated carbocycles. The summed E-state index contributed by atoms with van der Waals surface area (Å²) >= 11 is 1.95. The van der Waals surface area contributed by atoms with Gasteiger partial charge in [-0.05, 0) is 31.6 Å². The minimum absolute atomic E-state index is 0.303. The van der Waals surface area contributed by atoms with Crippen LogP contribution in [-0.2, 0) is 9.53 Å². The minimum atomic E-state index is 0.303. The third-order valence-corrected chi connectivity index (χ3v) is 4.69. The number of nitrogens with two attached hydrogens (primary N) is 1. The smallest absolute Gasteiger partial charge is 0.222 e. The molecule has 1 fully saturated rings. The fourth-order valence-electron chi connectivity index (χ4n) is 2.39. The van der Waals surface area contributed by atoms with Crippen molar-refractivity contribution in [1.29, 1.82) is 0 Å². The van der Waals surface area contributed by atoms with Crippen LogP contribution in [0, 0.1) is 0 Å². The highest BCUT2D eigenvalue weighted by atomic mass is 32.2. The van der Waals surface area contributed by atoms with Crippen LogP contribution in [0.15, 0.2) is 0 Å². The number of carbonyl (C=O) groups is 1. The Balaban J connectivity index is 2.29. The van der Waals surface area contributed by atoms with Crippen LogP contribution in [-0.4, -0.2) is 55.2 Å². The summed E-state index contributed by atoms with van der Waals surface area (Å²) in [6, 6.07) is 0.427. The lowest BCUT2D eigenvalue weighted by Crippen LogP contribution is -2.42. The highest BCUT2D eigenvalue weighted by molar-refractivity contribution is 7.99. The predicted octanol–water partition coefficient (Wildman–Crippen LogP) is 1.88. The lowest BCUT2D eigenvalue weighted by molar-refractivity contribution is -0.133. The van der Waals surface area contributed by atoms with Crippen LogP contribution in [0.2, 0.25) is 0 Å². The zero-order valence-corrected chi connectivity index (χ0v) is 12.9. The number of rotatable bonds is 10. The average Bonchev–Trinajstić information content (AvgIpc) is 2.93. The SMILES string of the molecule is COCCN(C(=O)CCCCCCN)C1CCSC1. The van der Waals surface area contributed by atoms with E-state index in [4.69, 9.17) is 10.5 Å². The van der Waals surface area contributed by atoms with E-state index in [-0.39, 0.29) is 0 Å². The van der Waals surface area contributed by atoms with Crippen LogP contribution in [0.25, 0.3) is 0 Å². The Bertz CT molecular complexity index is 246. The summed E-state index contributed by atoms with van der Waals surface area (Å²) in [4.78, 5) is 14.4. The van der Waals surface area contributed by atoms with E-state index in [9.17, 15) is 4.79 Å². The molecule has 0 aromatic heterocycles. The molecule has 1 aliphatic rings. The molecule has 0 aliphatic carbocycles. The first-order valence-corrected chi connectivity index (χ1v) is 8.51. The van der Waals surface area contributed by atoms with Gasteiger partial charge in [-0.2, -0.15) is 11.8 Å². The van der Waals surface area contributed by atoms with Gasteiger partial charge in [-0.1, -0.05) is 12.8 Å². The third-order valence-electron chi connectivity index (χ3n) is 3.55. The Morgan fingerprint density at radius 1 is 1.37 bits per heavy atom. The molecule has 1 rings (SSSR count). The van der Waals surface area contributed by atoms with E-state index >= 15 is 0 Å². The molecule has 1 heterocycles. The monoisotopic (exact) mass is 288 g/mol. The zero-order chi connectivity index (χ0) is 13.9. The standard InChI is InChI=1S/C14H28N2O2S/c1-18-10-9-16(13-7-11-19-12-13)14(17)6-4-2-3-5-8-15/h13H,2-12,15H2,1H3. The van der Waals surface area contributed by atoms with Crippen molar-refractivity contribution >= 4 is 17.7 Å². The summed E-state index contributed by atoms with van der Waals surface area (Å²) in [7, 11) is 1.69. The molecule has 0 radical (unpaired) electrons. The van der Waals surface area contributed by atoms with Crippen molar-refractivity contribution < 1.29 is 9.53 Å². The number of ether oxygens (including phenoxy) is 1. The van der Waals surface area contributed by atoms with Gasteiger partial charge in [0.15, 0.2) is 0 Å². The third kappa shape index (κ3) is 6.63. The van der Waals surface area contributed by atoms with Crippen molar-refractivity contribution in [2.45, 2.75) is 44.6 Å². The molecular weight excluding hydrogens is 260 g/mol. The molecule has 4 nitrogen and oxygen atoms in total. The Morgan fingerprint density at radius 3 is 2.79 bits per heavy atom. The maximum atomic E-state index is 12.3. The number of hydrogen-bond acceptors (Lipinski definition) is 4. The van der Waals surface area contributed by atoms with Crippen LogP contribution in [0.4, 0.5) is 0 Å². The molecule has 0 aromatic carbocycles. The van der Waals surface area contributed by atoms with E-state index in [0.29, 0.717) is 25.0 Å². The van der Waals surface area contributed by atoms with E-state index in [0.717, 1.165) is 50.9 Å². The van der Waals surface area contributed by atoms with Crippen LogP contribution < -0.4 is 5.73 Å². The predicted molar refractivity (Wildman–Crippen MR) is 81.5 cm³/mol. The van der Waals surface area contributed by atoms with Gasteiger partial charge in [0, 0.05) is 31.9 Å². The number of thioether (sulfide) groups is 1. The lowest BCUT2D eigenvalue weighted by atomic mass is 10.1. The van der Waals surface area contributed by atoms with Gasteiger partial charge in [-0.3, -0.25) is 4.79 Å². The molecule has 2 N–H and O–H groups in total.